The van der Waals surface area contributed by atoms with E-state index in [0.29, 0.717) is 0 Å². The van der Waals surface area contributed by atoms with Gasteiger partial charge in [0.1, 0.15) is 23.9 Å². The van der Waals surface area contributed by atoms with Gasteiger partial charge >= 0.3 is 35.8 Å². The summed E-state index contributed by atoms with van der Waals surface area (Å²) in [7, 11) is 0. The zero-order valence-electron chi connectivity index (χ0n) is 25.9. The van der Waals surface area contributed by atoms with Crippen molar-refractivity contribution in [1.29, 1.82) is 0 Å². The number of fused-ring (bicyclic) bond motifs is 1. The van der Waals surface area contributed by atoms with Crippen molar-refractivity contribution < 1.29 is 66.3 Å². The van der Waals surface area contributed by atoms with Gasteiger partial charge in [0.15, 0.2) is 12.2 Å². The van der Waals surface area contributed by atoms with Gasteiger partial charge in [0, 0.05) is 40.5 Å². The van der Waals surface area contributed by atoms with E-state index in [0.717, 1.165) is 13.8 Å². The van der Waals surface area contributed by atoms with Crippen LogP contribution in [0.3, 0.4) is 0 Å². The summed E-state index contributed by atoms with van der Waals surface area (Å²) in [5.74, 6) is -6.50. The monoisotopic (exact) mass is 622 g/mol. The minimum atomic E-state index is -1.78. The maximum atomic E-state index is 13.5. The molecule has 1 saturated heterocycles. The van der Waals surface area contributed by atoms with Crippen LogP contribution in [0.4, 0.5) is 0 Å². The lowest BCUT2D eigenvalue weighted by atomic mass is 9.47. The van der Waals surface area contributed by atoms with Gasteiger partial charge in [-0.05, 0) is 39.3 Å². The van der Waals surface area contributed by atoms with Crippen molar-refractivity contribution in [2.75, 3.05) is 6.61 Å². The summed E-state index contributed by atoms with van der Waals surface area (Å²) in [6.45, 7) is 10.5. The first-order valence-corrected chi connectivity index (χ1v) is 14.2. The Morgan fingerprint density at radius 3 is 1.89 bits per heavy atom. The molecule has 2 aliphatic carbocycles. The molecule has 1 aromatic rings. The van der Waals surface area contributed by atoms with Crippen molar-refractivity contribution in [3.05, 3.63) is 24.2 Å². The summed E-state index contributed by atoms with van der Waals surface area (Å²) >= 11 is 0. The van der Waals surface area contributed by atoms with E-state index in [-0.39, 0.29) is 18.8 Å². The molecule has 0 N–H and O–H groups in total. The first-order chi connectivity index (χ1) is 20.4. The molecule has 242 valence electrons. The quantitative estimate of drug-likeness (QED) is 0.304. The van der Waals surface area contributed by atoms with E-state index in [9.17, 15) is 28.8 Å². The van der Waals surface area contributed by atoms with Crippen LogP contribution in [-0.4, -0.2) is 84.1 Å². The molecule has 9 atom stereocenters. The molecule has 14 nitrogen and oxygen atoms in total. The number of carbonyl (C=O) groups is 6. The Balaban J connectivity index is 2.07. The third-order valence-corrected chi connectivity index (χ3v) is 8.77. The van der Waals surface area contributed by atoms with E-state index >= 15 is 0 Å². The Kier molecular flexibility index (Phi) is 8.89. The largest absolute Gasteiger partial charge is 0.465 e. The predicted molar refractivity (Wildman–Crippen MR) is 144 cm³/mol. The number of rotatable bonds is 8. The highest BCUT2D eigenvalue weighted by molar-refractivity contribution is 5.86. The Bertz CT molecular complexity index is 1320. The molecule has 44 heavy (non-hydrogen) atoms. The molecule has 2 bridgehead atoms. The number of esters is 6. The Hall–Kier alpha value is -3.94. The molecule has 2 saturated carbocycles. The maximum Gasteiger partial charge on any atom is 0.374 e. The smallest absolute Gasteiger partial charge is 0.374 e. The summed E-state index contributed by atoms with van der Waals surface area (Å²) in [5.41, 5.74) is -4.74. The molecule has 0 aromatic carbocycles. The average Bonchev–Trinajstić information content (AvgIpc) is 3.48. The molecule has 3 aliphatic rings. The SMILES string of the molecule is CC(=O)OC[C@H]1C[C@@H](OC(C)=O)[C@@H](OC(C)=O)[C@@]2(C)[C@H](OC(=O)c3ccco3)[C@@H](OC(C)=O)[C@@H]3[C@H](OC(C)=O)[C@]12OC3(C)C. The standard InChI is InChI=1S/C30H38O14/c1-14(31)38-13-19-12-21(39-15(2)32)24(41-17(4)34)29(8)26(43-27(36)20-10-9-11-37-20)23(40-16(3)33)22-25(42-18(5)35)30(19,29)44-28(22,6)7/h9-11,19,21-26H,12-13H2,1-8H3/t19-,21-,22-,23+,24-,25+,26-,29+,30-/m1/s1. The van der Waals surface area contributed by atoms with Gasteiger partial charge < -0.3 is 37.6 Å². The van der Waals surface area contributed by atoms with E-state index in [1.165, 1.54) is 39.2 Å². The number of hydrogen-bond donors (Lipinski definition) is 0. The van der Waals surface area contributed by atoms with Crippen LogP contribution in [0.1, 0.15) is 72.4 Å². The molecule has 1 aromatic heterocycles. The fraction of sp³-hybridized carbons (Fsp3) is 0.667. The van der Waals surface area contributed by atoms with Crippen LogP contribution < -0.4 is 0 Å². The molecule has 1 spiro atoms. The highest BCUT2D eigenvalue weighted by atomic mass is 16.6. The second-order valence-corrected chi connectivity index (χ2v) is 12.1. The Labute approximate surface area is 253 Å². The van der Waals surface area contributed by atoms with Crippen molar-refractivity contribution in [3.63, 3.8) is 0 Å². The summed E-state index contributed by atoms with van der Waals surface area (Å²) in [6, 6.07) is 2.85. The number of carbonyl (C=O) groups excluding carboxylic acids is 6. The van der Waals surface area contributed by atoms with Crippen molar-refractivity contribution in [2.24, 2.45) is 17.3 Å². The highest BCUT2D eigenvalue weighted by Gasteiger charge is 2.84. The van der Waals surface area contributed by atoms with Crippen LogP contribution in [0.2, 0.25) is 0 Å². The van der Waals surface area contributed by atoms with E-state index in [1.54, 1.807) is 20.8 Å². The van der Waals surface area contributed by atoms with Gasteiger partial charge in [-0.3, -0.25) is 24.0 Å². The fourth-order valence-electron chi connectivity index (χ4n) is 7.57. The van der Waals surface area contributed by atoms with Crippen LogP contribution in [0.5, 0.6) is 0 Å². The summed E-state index contributed by atoms with van der Waals surface area (Å²) < 4.78 is 47.1. The highest BCUT2D eigenvalue weighted by Crippen LogP contribution is 2.68. The first-order valence-electron chi connectivity index (χ1n) is 14.2. The molecular formula is C30H38O14. The summed E-state index contributed by atoms with van der Waals surface area (Å²) in [4.78, 5) is 75.9. The minimum Gasteiger partial charge on any atom is -0.465 e. The lowest BCUT2D eigenvalue weighted by Crippen LogP contribution is -2.79. The average molecular weight is 623 g/mol. The van der Waals surface area contributed by atoms with E-state index in [2.05, 4.69) is 0 Å². The third kappa shape index (κ3) is 5.55. The maximum absolute atomic E-state index is 13.5. The van der Waals surface area contributed by atoms with Crippen LogP contribution in [0.25, 0.3) is 0 Å². The van der Waals surface area contributed by atoms with E-state index in [4.69, 9.17) is 37.6 Å². The van der Waals surface area contributed by atoms with Gasteiger partial charge in [-0.15, -0.1) is 0 Å². The predicted octanol–water partition coefficient (Wildman–Crippen LogP) is 2.30. The zero-order valence-corrected chi connectivity index (χ0v) is 25.9. The minimum absolute atomic E-state index is 0.0714. The Morgan fingerprint density at radius 1 is 0.773 bits per heavy atom. The molecule has 2 heterocycles. The number of furan rings is 1. The molecule has 0 amide bonds. The van der Waals surface area contributed by atoms with Gasteiger partial charge in [-0.1, -0.05) is 0 Å². The molecular weight excluding hydrogens is 584 g/mol. The molecule has 4 rings (SSSR count). The van der Waals surface area contributed by atoms with Crippen LogP contribution >= 0.6 is 0 Å². The van der Waals surface area contributed by atoms with Crippen molar-refractivity contribution >= 4 is 35.8 Å². The third-order valence-electron chi connectivity index (χ3n) is 8.77. The lowest BCUT2D eigenvalue weighted by molar-refractivity contribution is -0.320. The Morgan fingerprint density at radius 2 is 1.36 bits per heavy atom. The van der Waals surface area contributed by atoms with Gasteiger partial charge in [0.05, 0.1) is 29.8 Å². The fourth-order valence-corrected chi connectivity index (χ4v) is 7.57. The molecule has 14 heteroatoms. The molecule has 1 aliphatic heterocycles. The number of hydrogen-bond acceptors (Lipinski definition) is 14. The van der Waals surface area contributed by atoms with Gasteiger partial charge in [0.2, 0.25) is 5.76 Å². The van der Waals surface area contributed by atoms with E-state index in [1.807, 2.05) is 0 Å². The zero-order chi connectivity index (χ0) is 32.8. The first kappa shape index (κ1) is 33.0. The second kappa shape index (κ2) is 11.9. The van der Waals surface area contributed by atoms with Gasteiger partial charge in [0.25, 0.3) is 0 Å². The topological polar surface area (TPSA) is 180 Å². The number of ether oxygens (including phenoxy) is 7. The van der Waals surface area contributed by atoms with Crippen LogP contribution in [0.15, 0.2) is 22.8 Å². The lowest BCUT2D eigenvalue weighted by Gasteiger charge is -2.63. The van der Waals surface area contributed by atoms with Crippen molar-refractivity contribution in [2.45, 2.75) is 104 Å². The van der Waals surface area contributed by atoms with Crippen LogP contribution in [-0.2, 0) is 57.1 Å². The van der Waals surface area contributed by atoms with Crippen LogP contribution in [0, 0.1) is 17.3 Å². The molecule has 0 radical (unpaired) electrons. The summed E-state index contributed by atoms with van der Waals surface area (Å²) in [6.07, 6.45) is -5.40. The van der Waals surface area contributed by atoms with E-state index < -0.39 is 94.8 Å². The normalized spacial score (nSPS) is 35.0. The van der Waals surface area contributed by atoms with Gasteiger partial charge in [-0.25, -0.2) is 4.79 Å². The summed E-state index contributed by atoms with van der Waals surface area (Å²) in [5, 5.41) is 0. The molecule has 0 unspecified atom stereocenters. The van der Waals surface area contributed by atoms with Crippen molar-refractivity contribution in [1.82, 2.24) is 0 Å². The second-order valence-electron chi connectivity index (χ2n) is 12.1. The van der Waals surface area contributed by atoms with Gasteiger partial charge in [-0.2, -0.15) is 0 Å². The van der Waals surface area contributed by atoms with Crippen molar-refractivity contribution in [3.8, 4) is 0 Å². The molecule has 3 fully saturated rings.